The molecule has 5 heteroatoms. The normalized spacial score (nSPS) is 17.1. The molecule has 0 amide bonds. The first kappa shape index (κ1) is 15.1. The highest BCUT2D eigenvalue weighted by Crippen LogP contribution is 2.25. The van der Waals surface area contributed by atoms with E-state index in [2.05, 4.69) is 53.2 Å². The van der Waals surface area contributed by atoms with Crippen LogP contribution in [0.1, 0.15) is 19.4 Å². The predicted octanol–water partition coefficient (Wildman–Crippen LogP) is 2.69. The minimum atomic E-state index is -0.150. The van der Waals surface area contributed by atoms with Crippen molar-refractivity contribution in [2.45, 2.75) is 32.0 Å². The molecule has 0 radical (unpaired) electrons. The van der Waals surface area contributed by atoms with Crippen molar-refractivity contribution in [2.24, 2.45) is 5.73 Å². The molecule has 2 N–H and O–H groups in total. The van der Waals surface area contributed by atoms with Crippen molar-refractivity contribution in [3.8, 4) is 0 Å². The third-order valence-electron chi connectivity index (χ3n) is 3.56. The van der Waals surface area contributed by atoms with Gasteiger partial charge in [-0.25, -0.2) is 0 Å². The van der Waals surface area contributed by atoms with E-state index in [0.29, 0.717) is 6.54 Å². The highest BCUT2D eigenvalue weighted by Gasteiger charge is 2.34. The van der Waals surface area contributed by atoms with Gasteiger partial charge in [-0.1, -0.05) is 0 Å². The Morgan fingerprint density at radius 3 is 2.71 bits per heavy atom. The molecular weight excluding hydrogens is 300 g/mol. The summed E-state index contributed by atoms with van der Waals surface area (Å²) in [5.74, 6) is 0. The van der Waals surface area contributed by atoms with E-state index >= 15 is 0 Å². The number of hydrogen-bond acceptors (Lipinski definition) is 4. The van der Waals surface area contributed by atoms with E-state index in [-0.39, 0.29) is 11.6 Å². The summed E-state index contributed by atoms with van der Waals surface area (Å²) < 4.78 is 6.60. The lowest BCUT2D eigenvalue weighted by molar-refractivity contribution is -0.0229. The fourth-order valence-corrected chi connectivity index (χ4v) is 2.97. The zero-order valence-corrected chi connectivity index (χ0v) is 13.3. The molecule has 17 heavy (non-hydrogen) atoms. The SMILES string of the molecule is COC(C)C(C)(CN)N(C)Cc1csc(Br)c1. The average Bonchev–Trinajstić information content (AvgIpc) is 2.72. The first-order chi connectivity index (χ1) is 7.93. The van der Waals surface area contributed by atoms with Gasteiger partial charge in [-0.15, -0.1) is 11.3 Å². The number of likely N-dealkylation sites (N-methyl/N-ethyl adjacent to an activating group) is 1. The summed E-state index contributed by atoms with van der Waals surface area (Å²) in [7, 11) is 3.82. The van der Waals surface area contributed by atoms with E-state index in [1.165, 1.54) is 5.56 Å². The van der Waals surface area contributed by atoms with E-state index < -0.39 is 0 Å². The molecule has 1 aromatic heterocycles. The van der Waals surface area contributed by atoms with Crippen LogP contribution in [0.3, 0.4) is 0 Å². The van der Waals surface area contributed by atoms with E-state index in [1.807, 2.05) is 0 Å². The second-order valence-corrected chi connectivity index (χ2v) is 6.84. The highest BCUT2D eigenvalue weighted by molar-refractivity contribution is 9.11. The summed E-state index contributed by atoms with van der Waals surface area (Å²) in [6, 6.07) is 2.15. The highest BCUT2D eigenvalue weighted by atomic mass is 79.9. The molecule has 98 valence electrons. The van der Waals surface area contributed by atoms with Crippen LogP contribution in [0.2, 0.25) is 0 Å². The summed E-state index contributed by atoms with van der Waals surface area (Å²) in [5, 5.41) is 2.16. The van der Waals surface area contributed by atoms with Gasteiger partial charge >= 0.3 is 0 Å². The molecule has 1 aromatic rings. The Hall–Kier alpha value is 0.0600. The number of nitrogens with two attached hydrogens (primary N) is 1. The summed E-state index contributed by atoms with van der Waals surface area (Å²) in [6.07, 6.45) is 0.0968. The van der Waals surface area contributed by atoms with Crippen molar-refractivity contribution in [1.82, 2.24) is 4.90 Å². The molecule has 0 fully saturated rings. The number of hydrogen-bond donors (Lipinski definition) is 1. The number of halogens is 1. The third-order valence-corrected chi connectivity index (χ3v) is 5.11. The fraction of sp³-hybridized carbons (Fsp3) is 0.667. The maximum absolute atomic E-state index is 5.91. The fourth-order valence-electron chi connectivity index (χ4n) is 1.77. The first-order valence-electron chi connectivity index (χ1n) is 5.61. The molecule has 0 bridgehead atoms. The standard InChI is InChI=1S/C12H21BrN2OS/c1-9(16-4)12(2,8-14)15(3)6-10-5-11(13)17-7-10/h5,7,9H,6,8,14H2,1-4H3. The van der Waals surface area contributed by atoms with Crippen LogP contribution < -0.4 is 5.73 Å². The molecular formula is C12H21BrN2OS. The molecule has 0 aliphatic rings. The van der Waals surface area contributed by atoms with Gasteiger partial charge in [0.2, 0.25) is 0 Å². The van der Waals surface area contributed by atoms with E-state index in [9.17, 15) is 0 Å². The molecule has 0 aromatic carbocycles. The van der Waals surface area contributed by atoms with Gasteiger partial charge in [-0.3, -0.25) is 4.90 Å². The lowest BCUT2D eigenvalue weighted by atomic mass is 9.93. The Morgan fingerprint density at radius 1 is 1.65 bits per heavy atom. The van der Waals surface area contributed by atoms with Gasteiger partial charge in [-0.05, 0) is 53.8 Å². The van der Waals surface area contributed by atoms with Gasteiger partial charge in [0.25, 0.3) is 0 Å². The van der Waals surface area contributed by atoms with Crippen LogP contribution in [0, 0.1) is 0 Å². The molecule has 0 aliphatic carbocycles. The zero-order valence-electron chi connectivity index (χ0n) is 10.9. The zero-order chi connectivity index (χ0) is 13.1. The molecule has 1 heterocycles. The minimum absolute atomic E-state index is 0.0968. The third kappa shape index (κ3) is 3.51. The molecule has 0 saturated carbocycles. The quantitative estimate of drug-likeness (QED) is 0.875. The van der Waals surface area contributed by atoms with E-state index in [0.717, 1.165) is 10.3 Å². The molecule has 2 atom stereocenters. The Balaban J connectivity index is 2.76. The number of rotatable bonds is 6. The van der Waals surface area contributed by atoms with Gasteiger partial charge in [0, 0.05) is 20.2 Å². The van der Waals surface area contributed by atoms with Crippen molar-refractivity contribution in [1.29, 1.82) is 0 Å². The minimum Gasteiger partial charge on any atom is -0.380 e. The van der Waals surface area contributed by atoms with Crippen LogP contribution in [-0.2, 0) is 11.3 Å². The van der Waals surface area contributed by atoms with Crippen molar-refractivity contribution < 1.29 is 4.74 Å². The summed E-state index contributed by atoms with van der Waals surface area (Å²) in [6.45, 7) is 5.66. The molecule has 1 rings (SSSR count). The summed E-state index contributed by atoms with van der Waals surface area (Å²) >= 11 is 5.19. The summed E-state index contributed by atoms with van der Waals surface area (Å²) in [5.41, 5.74) is 7.06. The molecule has 0 spiro atoms. The smallest absolute Gasteiger partial charge is 0.0736 e. The van der Waals surface area contributed by atoms with Crippen molar-refractivity contribution in [3.63, 3.8) is 0 Å². The Labute approximate surface area is 116 Å². The Bertz CT molecular complexity index is 358. The maximum Gasteiger partial charge on any atom is 0.0736 e. The van der Waals surface area contributed by atoms with Crippen molar-refractivity contribution in [3.05, 3.63) is 20.8 Å². The Kier molecular flexibility index (Phi) is 5.60. The lowest BCUT2D eigenvalue weighted by Crippen LogP contribution is -2.56. The van der Waals surface area contributed by atoms with Gasteiger partial charge in [0.15, 0.2) is 0 Å². The van der Waals surface area contributed by atoms with Gasteiger partial charge < -0.3 is 10.5 Å². The molecule has 0 aliphatic heterocycles. The Morgan fingerprint density at radius 2 is 2.29 bits per heavy atom. The number of thiophene rings is 1. The predicted molar refractivity (Wildman–Crippen MR) is 77.4 cm³/mol. The van der Waals surface area contributed by atoms with E-state index in [1.54, 1.807) is 18.4 Å². The molecule has 2 unspecified atom stereocenters. The van der Waals surface area contributed by atoms with Crippen molar-refractivity contribution >= 4 is 27.3 Å². The van der Waals surface area contributed by atoms with Crippen LogP contribution in [-0.4, -0.2) is 37.2 Å². The lowest BCUT2D eigenvalue weighted by Gasteiger charge is -2.41. The van der Waals surface area contributed by atoms with Crippen LogP contribution in [0.15, 0.2) is 15.2 Å². The van der Waals surface area contributed by atoms with Crippen LogP contribution in [0.4, 0.5) is 0 Å². The van der Waals surface area contributed by atoms with Crippen molar-refractivity contribution in [2.75, 3.05) is 20.7 Å². The number of ether oxygens (including phenoxy) is 1. The largest absolute Gasteiger partial charge is 0.380 e. The first-order valence-corrected chi connectivity index (χ1v) is 7.28. The topological polar surface area (TPSA) is 38.5 Å². The second kappa shape index (κ2) is 6.29. The van der Waals surface area contributed by atoms with Crippen LogP contribution in [0.25, 0.3) is 0 Å². The monoisotopic (exact) mass is 320 g/mol. The van der Waals surface area contributed by atoms with Crippen LogP contribution >= 0.6 is 27.3 Å². The van der Waals surface area contributed by atoms with Gasteiger partial charge in [0.05, 0.1) is 15.4 Å². The van der Waals surface area contributed by atoms with Gasteiger partial charge in [-0.2, -0.15) is 0 Å². The second-order valence-electron chi connectivity index (χ2n) is 4.55. The molecule has 3 nitrogen and oxygen atoms in total. The molecule has 0 saturated heterocycles. The number of methoxy groups -OCH3 is 1. The van der Waals surface area contributed by atoms with Gasteiger partial charge in [0.1, 0.15) is 0 Å². The van der Waals surface area contributed by atoms with Crippen LogP contribution in [0.5, 0.6) is 0 Å². The maximum atomic E-state index is 5.91. The average molecular weight is 321 g/mol. The number of nitrogens with zero attached hydrogens (tertiary/aromatic N) is 1. The van der Waals surface area contributed by atoms with E-state index in [4.69, 9.17) is 10.5 Å². The summed E-state index contributed by atoms with van der Waals surface area (Å²) in [4.78, 5) is 2.26.